The molecule has 27 heavy (non-hydrogen) atoms. The Morgan fingerprint density at radius 1 is 1.04 bits per heavy atom. The van der Waals surface area contributed by atoms with Crippen molar-refractivity contribution in [3.63, 3.8) is 0 Å². The standard InChI is InChI=1S/C23H30N2O2/c1-17(2)21-14-8-10-18(3)23(21)25(19(4)26)16-22(27)24-15-9-13-20-11-6-5-7-12-20/h5-8,10-12,14,17H,9,13,15-16H2,1-4H3,(H,24,27). The summed E-state index contributed by atoms with van der Waals surface area (Å²) in [7, 11) is 0. The number of nitrogens with one attached hydrogen (secondary N) is 1. The van der Waals surface area contributed by atoms with E-state index in [-0.39, 0.29) is 24.3 Å². The van der Waals surface area contributed by atoms with Crippen LogP contribution in [0.15, 0.2) is 48.5 Å². The number of nitrogens with zero attached hydrogens (tertiary/aromatic N) is 1. The highest BCUT2D eigenvalue weighted by Crippen LogP contribution is 2.31. The topological polar surface area (TPSA) is 49.4 Å². The van der Waals surface area contributed by atoms with Crippen molar-refractivity contribution in [1.82, 2.24) is 5.32 Å². The zero-order valence-electron chi connectivity index (χ0n) is 16.8. The van der Waals surface area contributed by atoms with Crippen molar-refractivity contribution in [2.24, 2.45) is 0 Å². The second-order valence-corrected chi connectivity index (χ2v) is 7.21. The molecule has 0 saturated carbocycles. The number of aryl methyl sites for hydroxylation is 2. The highest BCUT2D eigenvalue weighted by Gasteiger charge is 2.21. The number of amides is 2. The van der Waals surface area contributed by atoms with Crippen LogP contribution in [0, 0.1) is 6.92 Å². The number of hydrogen-bond acceptors (Lipinski definition) is 2. The molecule has 0 aliphatic rings. The van der Waals surface area contributed by atoms with Crippen molar-refractivity contribution in [3.05, 3.63) is 65.2 Å². The minimum atomic E-state index is -0.128. The zero-order valence-corrected chi connectivity index (χ0v) is 16.8. The van der Waals surface area contributed by atoms with E-state index in [0.717, 1.165) is 29.7 Å². The largest absolute Gasteiger partial charge is 0.355 e. The van der Waals surface area contributed by atoms with E-state index in [1.807, 2.05) is 43.3 Å². The molecule has 0 aliphatic heterocycles. The molecular formula is C23H30N2O2. The van der Waals surface area contributed by atoms with Crippen LogP contribution in [0.5, 0.6) is 0 Å². The zero-order chi connectivity index (χ0) is 19.8. The second kappa shape index (κ2) is 9.91. The van der Waals surface area contributed by atoms with Gasteiger partial charge in [-0.2, -0.15) is 0 Å². The summed E-state index contributed by atoms with van der Waals surface area (Å²) >= 11 is 0. The first-order valence-electron chi connectivity index (χ1n) is 9.58. The summed E-state index contributed by atoms with van der Waals surface area (Å²) < 4.78 is 0. The molecule has 0 fully saturated rings. The molecule has 2 aromatic carbocycles. The molecule has 0 spiro atoms. The van der Waals surface area contributed by atoms with Gasteiger partial charge < -0.3 is 10.2 Å². The molecule has 0 bridgehead atoms. The monoisotopic (exact) mass is 366 g/mol. The van der Waals surface area contributed by atoms with Crippen LogP contribution in [0.1, 0.15) is 49.8 Å². The van der Waals surface area contributed by atoms with Gasteiger partial charge in [0, 0.05) is 13.5 Å². The summed E-state index contributed by atoms with van der Waals surface area (Å²) in [6.45, 7) is 8.34. The van der Waals surface area contributed by atoms with E-state index in [9.17, 15) is 9.59 Å². The van der Waals surface area contributed by atoms with Crippen molar-refractivity contribution in [1.29, 1.82) is 0 Å². The normalized spacial score (nSPS) is 10.7. The van der Waals surface area contributed by atoms with Crippen molar-refractivity contribution in [2.75, 3.05) is 18.0 Å². The predicted molar refractivity (Wildman–Crippen MR) is 111 cm³/mol. The molecule has 0 heterocycles. The fourth-order valence-electron chi connectivity index (χ4n) is 3.23. The van der Waals surface area contributed by atoms with Gasteiger partial charge in [-0.1, -0.05) is 62.4 Å². The van der Waals surface area contributed by atoms with E-state index in [0.29, 0.717) is 6.54 Å². The smallest absolute Gasteiger partial charge is 0.240 e. The SMILES string of the molecule is CC(=O)N(CC(=O)NCCCc1ccccc1)c1c(C)cccc1C(C)C. The number of para-hydroxylation sites is 1. The summed E-state index contributed by atoms with van der Waals surface area (Å²) in [6, 6.07) is 16.2. The van der Waals surface area contributed by atoms with Gasteiger partial charge in [0.25, 0.3) is 0 Å². The quantitative estimate of drug-likeness (QED) is 0.711. The number of benzene rings is 2. The lowest BCUT2D eigenvalue weighted by molar-refractivity contribution is -0.123. The highest BCUT2D eigenvalue weighted by atomic mass is 16.2. The van der Waals surface area contributed by atoms with Gasteiger partial charge in [-0.3, -0.25) is 9.59 Å². The summed E-state index contributed by atoms with van der Waals surface area (Å²) in [5, 5.41) is 2.94. The number of carbonyl (C=O) groups is 2. The van der Waals surface area contributed by atoms with E-state index in [4.69, 9.17) is 0 Å². The molecule has 0 unspecified atom stereocenters. The van der Waals surface area contributed by atoms with Crippen molar-refractivity contribution >= 4 is 17.5 Å². The maximum absolute atomic E-state index is 12.4. The Kier molecular flexibility index (Phi) is 7.59. The fraction of sp³-hybridized carbons (Fsp3) is 0.391. The summed E-state index contributed by atoms with van der Waals surface area (Å²) in [5.41, 5.74) is 4.22. The first-order chi connectivity index (χ1) is 12.9. The predicted octanol–water partition coefficient (Wildman–Crippen LogP) is 4.22. The lowest BCUT2D eigenvalue weighted by Gasteiger charge is -2.27. The van der Waals surface area contributed by atoms with Crippen molar-refractivity contribution < 1.29 is 9.59 Å². The van der Waals surface area contributed by atoms with Gasteiger partial charge in [0.1, 0.15) is 6.54 Å². The van der Waals surface area contributed by atoms with Gasteiger partial charge in [-0.05, 0) is 42.4 Å². The Hall–Kier alpha value is -2.62. The molecule has 0 aliphatic carbocycles. The Morgan fingerprint density at radius 3 is 2.37 bits per heavy atom. The van der Waals surface area contributed by atoms with Gasteiger partial charge in [0.05, 0.1) is 5.69 Å². The molecule has 144 valence electrons. The molecule has 2 aromatic rings. The molecule has 1 N–H and O–H groups in total. The third kappa shape index (κ3) is 5.95. The van der Waals surface area contributed by atoms with E-state index in [1.165, 1.54) is 12.5 Å². The molecule has 0 atom stereocenters. The molecule has 0 saturated heterocycles. The van der Waals surface area contributed by atoms with E-state index < -0.39 is 0 Å². The highest BCUT2D eigenvalue weighted by molar-refractivity contribution is 5.98. The van der Waals surface area contributed by atoms with Crippen molar-refractivity contribution in [2.45, 2.75) is 46.5 Å². The van der Waals surface area contributed by atoms with E-state index in [2.05, 4.69) is 31.3 Å². The third-order valence-electron chi connectivity index (χ3n) is 4.65. The van der Waals surface area contributed by atoms with Crippen LogP contribution in [-0.2, 0) is 16.0 Å². The van der Waals surface area contributed by atoms with Crippen LogP contribution >= 0.6 is 0 Å². The third-order valence-corrected chi connectivity index (χ3v) is 4.65. The molecule has 4 nitrogen and oxygen atoms in total. The van der Waals surface area contributed by atoms with Crippen LogP contribution in [-0.4, -0.2) is 24.9 Å². The van der Waals surface area contributed by atoms with Crippen LogP contribution in [0.2, 0.25) is 0 Å². The lowest BCUT2D eigenvalue weighted by atomic mass is 9.97. The average molecular weight is 367 g/mol. The fourth-order valence-corrected chi connectivity index (χ4v) is 3.23. The Labute approximate surface area is 162 Å². The van der Waals surface area contributed by atoms with Gasteiger partial charge in [-0.25, -0.2) is 0 Å². The molecule has 0 radical (unpaired) electrons. The first kappa shape index (κ1) is 20.7. The lowest BCUT2D eigenvalue weighted by Crippen LogP contribution is -2.41. The summed E-state index contributed by atoms with van der Waals surface area (Å²) in [4.78, 5) is 26.3. The molecular weight excluding hydrogens is 336 g/mol. The summed E-state index contributed by atoms with van der Waals surface area (Å²) in [6.07, 6.45) is 1.80. The first-order valence-corrected chi connectivity index (χ1v) is 9.58. The summed E-state index contributed by atoms with van der Waals surface area (Å²) in [5.74, 6) is 0.0255. The Morgan fingerprint density at radius 2 is 1.74 bits per heavy atom. The van der Waals surface area contributed by atoms with Gasteiger partial charge in [-0.15, -0.1) is 0 Å². The number of carbonyl (C=O) groups excluding carboxylic acids is 2. The van der Waals surface area contributed by atoms with E-state index in [1.54, 1.807) is 4.90 Å². The number of anilines is 1. The van der Waals surface area contributed by atoms with Crippen LogP contribution < -0.4 is 10.2 Å². The van der Waals surface area contributed by atoms with E-state index >= 15 is 0 Å². The second-order valence-electron chi connectivity index (χ2n) is 7.21. The minimum absolute atomic E-state index is 0.0469. The van der Waals surface area contributed by atoms with Crippen molar-refractivity contribution in [3.8, 4) is 0 Å². The molecule has 2 rings (SSSR count). The maximum Gasteiger partial charge on any atom is 0.240 e. The Balaban J connectivity index is 1.98. The minimum Gasteiger partial charge on any atom is -0.355 e. The molecule has 0 aromatic heterocycles. The van der Waals surface area contributed by atoms with Gasteiger partial charge >= 0.3 is 0 Å². The molecule has 4 heteroatoms. The molecule has 2 amide bonds. The van der Waals surface area contributed by atoms with Crippen LogP contribution in [0.25, 0.3) is 0 Å². The van der Waals surface area contributed by atoms with Crippen LogP contribution in [0.4, 0.5) is 5.69 Å². The van der Waals surface area contributed by atoms with Crippen LogP contribution in [0.3, 0.4) is 0 Å². The number of hydrogen-bond donors (Lipinski definition) is 1. The maximum atomic E-state index is 12.4. The average Bonchev–Trinajstić information content (AvgIpc) is 2.64. The number of rotatable bonds is 8. The van der Waals surface area contributed by atoms with Gasteiger partial charge in [0.15, 0.2) is 0 Å². The van der Waals surface area contributed by atoms with Gasteiger partial charge in [0.2, 0.25) is 11.8 Å². The Bertz CT molecular complexity index is 769.